The minimum atomic E-state index is -4.74. The van der Waals surface area contributed by atoms with Crippen LogP contribution in [0.4, 0.5) is 13.2 Å². The average molecular weight is 937 g/mol. The molecular weight excluding hydrogens is 882 g/mol. The first-order chi connectivity index (χ1) is 32.5. The van der Waals surface area contributed by atoms with E-state index in [-0.39, 0.29) is 67.4 Å². The number of rotatable bonds is 13. The molecule has 0 saturated carbocycles. The first kappa shape index (κ1) is 47.4. The predicted octanol–water partition coefficient (Wildman–Crippen LogP) is 6.87. The number of nitrogens with zero attached hydrogens (tertiary/aromatic N) is 6. The van der Waals surface area contributed by atoms with Gasteiger partial charge in [-0.1, -0.05) is 52.0 Å². The highest BCUT2D eigenvalue weighted by molar-refractivity contribution is 6.00. The van der Waals surface area contributed by atoms with Crippen LogP contribution in [-0.4, -0.2) is 78.7 Å². The number of benzene rings is 2. The molecule has 0 saturated heterocycles. The van der Waals surface area contributed by atoms with E-state index in [0.717, 1.165) is 5.56 Å². The Kier molecular flexibility index (Phi) is 13.2. The van der Waals surface area contributed by atoms with Crippen LogP contribution in [0.2, 0.25) is 0 Å². The lowest BCUT2D eigenvalue weighted by atomic mass is 9.88. The van der Waals surface area contributed by atoms with Crippen molar-refractivity contribution in [1.82, 2.24) is 30.4 Å². The maximum absolute atomic E-state index is 14.3. The summed E-state index contributed by atoms with van der Waals surface area (Å²) in [5.41, 5.74) is 14.2. The molecule has 6 heterocycles. The maximum Gasteiger partial charge on any atom is 0.425 e. The van der Waals surface area contributed by atoms with E-state index < -0.39 is 59.8 Å². The SMILES string of the molecule is CCC1(CC)CC(=O)N(Cc2cc(C(=O)N[C@H]3CC(c4ccc5c(c4)[C@@H](NC(=O)c4ccnc(CN6C(=O)CC(CC)(CC)N=C6N)c4)C[C@H](C(F)(F)F)O5)Oc4ccccc43)ccn2)C(N)=N1. The second kappa shape index (κ2) is 18.9. The second-order valence-corrected chi connectivity index (χ2v) is 17.8. The molecule has 0 spiro atoms. The van der Waals surface area contributed by atoms with Crippen molar-refractivity contribution >= 4 is 35.5 Å². The number of guanidine groups is 2. The predicted molar refractivity (Wildman–Crippen MR) is 245 cm³/mol. The van der Waals surface area contributed by atoms with E-state index in [9.17, 15) is 32.3 Å². The Morgan fingerprint density at radius 2 is 1.19 bits per heavy atom. The molecule has 0 aliphatic carbocycles. The topological polar surface area (TPSA) is 220 Å². The van der Waals surface area contributed by atoms with Crippen LogP contribution in [0.25, 0.3) is 0 Å². The van der Waals surface area contributed by atoms with Crippen LogP contribution in [0.15, 0.2) is 89.1 Å². The van der Waals surface area contributed by atoms with E-state index in [1.165, 1.54) is 40.4 Å². The standard InChI is InChI=1S/C49H55F3N10O6/c1-5-47(6-2)24-41(63)61(45(53)59-47)26-31-19-29(15-17-55-31)43(65)57-35-22-39(67-37-12-10-9-11-33(35)37)28-13-14-38-34(21-28)36(23-40(68-38)49(50,51)52)58-44(66)30-16-18-56-32(20-30)27-62-42(64)25-48(7-3,8-4)60-46(62)54/h9-21,35-36,39-40H,5-8,22-27H2,1-4H3,(H2,53,59)(H2,54,60)(H,57,65)(H,58,66)/t35-,36-,39?,40+/m0/s1. The van der Waals surface area contributed by atoms with E-state index in [0.29, 0.717) is 59.5 Å². The van der Waals surface area contributed by atoms with Crippen molar-refractivity contribution in [3.8, 4) is 11.5 Å². The fraction of sp³-hybridized carbons (Fsp3) is 0.429. The van der Waals surface area contributed by atoms with Gasteiger partial charge in [-0.2, -0.15) is 13.2 Å². The number of ether oxygens (including phenoxy) is 2. The number of aliphatic imine (C=N–C) groups is 2. The van der Waals surface area contributed by atoms with Gasteiger partial charge in [-0.25, -0.2) is 9.98 Å². The van der Waals surface area contributed by atoms with Crippen LogP contribution in [-0.2, 0) is 22.7 Å². The Hall–Kier alpha value is -7.05. The minimum Gasteiger partial charge on any atom is -0.485 e. The van der Waals surface area contributed by atoms with Gasteiger partial charge in [0.05, 0.1) is 60.5 Å². The van der Waals surface area contributed by atoms with Gasteiger partial charge in [0.15, 0.2) is 18.0 Å². The van der Waals surface area contributed by atoms with Gasteiger partial charge in [-0.3, -0.25) is 38.9 Å². The zero-order valence-electron chi connectivity index (χ0n) is 38.3. The monoisotopic (exact) mass is 936 g/mol. The number of amides is 4. The molecule has 16 nitrogen and oxygen atoms in total. The number of fused-ring (bicyclic) bond motifs is 2. The molecule has 2 aromatic carbocycles. The molecule has 19 heteroatoms. The molecule has 1 unspecified atom stereocenters. The molecule has 8 rings (SSSR count). The van der Waals surface area contributed by atoms with E-state index in [1.807, 2.05) is 39.8 Å². The molecule has 4 aliphatic rings. The van der Waals surface area contributed by atoms with Crippen molar-refractivity contribution in [3.05, 3.63) is 118 Å². The highest BCUT2D eigenvalue weighted by Crippen LogP contribution is 2.45. The third-order valence-corrected chi connectivity index (χ3v) is 13.7. The van der Waals surface area contributed by atoms with Crippen molar-refractivity contribution in [2.24, 2.45) is 21.5 Å². The largest absolute Gasteiger partial charge is 0.485 e. The fourth-order valence-electron chi connectivity index (χ4n) is 9.35. The van der Waals surface area contributed by atoms with E-state index in [1.54, 1.807) is 36.4 Å². The lowest BCUT2D eigenvalue weighted by Crippen LogP contribution is -2.50. The molecular formula is C49H55F3N10O6. The molecule has 6 N–H and O–H groups in total. The molecule has 4 aliphatic heterocycles. The molecule has 0 radical (unpaired) electrons. The summed E-state index contributed by atoms with van der Waals surface area (Å²) in [6.07, 6.45) is -2.14. The number of nitrogens with two attached hydrogens (primary N) is 2. The summed E-state index contributed by atoms with van der Waals surface area (Å²) < 4.78 is 54.9. The van der Waals surface area contributed by atoms with Crippen LogP contribution in [0, 0.1) is 0 Å². The van der Waals surface area contributed by atoms with Crippen LogP contribution < -0.4 is 31.6 Å². The normalized spacial score (nSPS) is 21.9. The number of nitrogens with one attached hydrogen (secondary N) is 2. The van der Waals surface area contributed by atoms with Gasteiger partial charge in [0.25, 0.3) is 11.8 Å². The van der Waals surface area contributed by atoms with Crippen molar-refractivity contribution in [2.75, 3.05) is 0 Å². The Bertz CT molecular complexity index is 2670. The summed E-state index contributed by atoms with van der Waals surface area (Å²) in [5, 5.41) is 5.92. The fourth-order valence-corrected chi connectivity index (χ4v) is 9.35. The number of para-hydroxylation sites is 1. The number of hydrogen-bond acceptors (Lipinski definition) is 12. The zero-order chi connectivity index (χ0) is 48.5. The number of carbonyl (C=O) groups excluding carboxylic acids is 4. The van der Waals surface area contributed by atoms with E-state index in [4.69, 9.17) is 20.9 Å². The summed E-state index contributed by atoms with van der Waals surface area (Å²) in [5.74, 6) is -0.878. The minimum absolute atomic E-state index is 0.0306. The van der Waals surface area contributed by atoms with E-state index >= 15 is 0 Å². The first-order valence-corrected chi connectivity index (χ1v) is 22.9. The molecule has 4 atom stereocenters. The molecule has 4 amide bonds. The van der Waals surface area contributed by atoms with Crippen LogP contribution in [0.1, 0.15) is 146 Å². The van der Waals surface area contributed by atoms with Crippen LogP contribution in [0.3, 0.4) is 0 Å². The van der Waals surface area contributed by atoms with Gasteiger partial charge in [0.1, 0.15) is 17.6 Å². The highest BCUT2D eigenvalue weighted by Gasteiger charge is 2.47. The third kappa shape index (κ3) is 9.69. The summed E-state index contributed by atoms with van der Waals surface area (Å²) in [6, 6.07) is 16.3. The average Bonchev–Trinajstić information content (AvgIpc) is 3.33. The van der Waals surface area contributed by atoms with Gasteiger partial charge in [0, 0.05) is 47.5 Å². The highest BCUT2D eigenvalue weighted by atomic mass is 19.4. The lowest BCUT2D eigenvalue weighted by Gasteiger charge is -2.36. The molecule has 358 valence electrons. The summed E-state index contributed by atoms with van der Waals surface area (Å²) in [4.78, 5) is 75.0. The Balaban J connectivity index is 1.01. The van der Waals surface area contributed by atoms with Gasteiger partial charge >= 0.3 is 6.18 Å². The molecule has 0 fully saturated rings. The molecule has 0 bridgehead atoms. The summed E-state index contributed by atoms with van der Waals surface area (Å²) in [6.45, 7) is 7.81. The lowest BCUT2D eigenvalue weighted by molar-refractivity contribution is -0.201. The number of pyridine rings is 2. The zero-order valence-corrected chi connectivity index (χ0v) is 38.3. The van der Waals surface area contributed by atoms with Crippen molar-refractivity contribution in [3.63, 3.8) is 0 Å². The number of hydrogen-bond donors (Lipinski definition) is 4. The summed E-state index contributed by atoms with van der Waals surface area (Å²) in [7, 11) is 0. The quantitative estimate of drug-likeness (QED) is 0.109. The van der Waals surface area contributed by atoms with Gasteiger partial charge < -0.3 is 31.6 Å². The Morgan fingerprint density at radius 3 is 1.69 bits per heavy atom. The summed E-state index contributed by atoms with van der Waals surface area (Å²) >= 11 is 0. The van der Waals surface area contributed by atoms with E-state index in [2.05, 4.69) is 30.6 Å². The molecule has 2 aromatic heterocycles. The van der Waals surface area contributed by atoms with Crippen molar-refractivity contribution < 1.29 is 41.8 Å². The molecule has 4 aromatic rings. The number of halogens is 3. The molecule has 68 heavy (non-hydrogen) atoms. The Labute approximate surface area is 391 Å². The van der Waals surface area contributed by atoms with Crippen molar-refractivity contribution in [2.45, 2.75) is 134 Å². The Morgan fingerprint density at radius 1 is 0.691 bits per heavy atom. The third-order valence-electron chi connectivity index (χ3n) is 13.7. The second-order valence-electron chi connectivity index (χ2n) is 17.8. The number of aromatic nitrogens is 2. The maximum atomic E-state index is 14.3. The van der Waals surface area contributed by atoms with Crippen molar-refractivity contribution in [1.29, 1.82) is 0 Å². The van der Waals surface area contributed by atoms with Gasteiger partial charge in [-0.05, 0) is 73.7 Å². The number of carbonyl (C=O) groups is 4. The van der Waals surface area contributed by atoms with Gasteiger partial charge in [0.2, 0.25) is 11.8 Å². The van der Waals surface area contributed by atoms with Gasteiger partial charge in [-0.15, -0.1) is 0 Å². The van der Waals surface area contributed by atoms with Crippen LogP contribution >= 0.6 is 0 Å². The first-order valence-electron chi connectivity index (χ1n) is 22.9. The smallest absolute Gasteiger partial charge is 0.425 e. The number of alkyl halides is 3. The van der Waals surface area contributed by atoms with Crippen LogP contribution in [0.5, 0.6) is 11.5 Å².